The van der Waals surface area contributed by atoms with Crippen LogP contribution in [0, 0.1) is 0 Å². The van der Waals surface area contributed by atoms with Crippen LogP contribution in [-0.4, -0.2) is 16.1 Å². The number of pyridine rings is 1. The number of aromatic nitrogens is 1. The van der Waals surface area contributed by atoms with Crippen molar-refractivity contribution in [1.29, 1.82) is 0 Å². The predicted octanol–water partition coefficient (Wildman–Crippen LogP) is 1.35. The number of aliphatic carboxylic acids is 1. The van der Waals surface area contributed by atoms with Gasteiger partial charge < -0.3 is 10.8 Å². The molecule has 1 aromatic heterocycles. The molecule has 0 unspecified atom stereocenters. The number of halogens is 2. The van der Waals surface area contributed by atoms with Crippen molar-refractivity contribution in [3.05, 3.63) is 28.5 Å². The van der Waals surface area contributed by atoms with Gasteiger partial charge in [-0.05, 0) is 28.1 Å². The Morgan fingerprint density at radius 1 is 1.62 bits per heavy atom. The van der Waals surface area contributed by atoms with Crippen molar-refractivity contribution in [2.75, 3.05) is 0 Å². The third kappa shape index (κ3) is 3.30. The average Bonchev–Trinajstić information content (AvgIpc) is 2.04. The van der Waals surface area contributed by atoms with Gasteiger partial charge in [0.1, 0.15) is 6.04 Å². The van der Waals surface area contributed by atoms with Gasteiger partial charge in [0.25, 0.3) is 0 Å². The summed E-state index contributed by atoms with van der Waals surface area (Å²) < 4.78 is 0.795. The molecule has 0 saturated carbocycles. The molecular formula is C7H8BrClN2O2. The molecule has 0 aliphatic rings. The monoisotopic (exact) mass is 266 g/mol. The molecule has 1 aromatic rings. The van der Waals surface area contributed by atoms with Crippen LogP contribution >= 0.6 is 28.3 Å². The summed E-state index contributed by atoms with van der Waals surface area (Å²) in [5.74, 6) is -1.08. The van der Waals surface area contributed by atoms with Crippen LogP contribution in [-0.2, 0) is 4.79 Å². The number of carbonyl (C=O) groups is 1. The topological polar surface area (TPSA) is 76.2 Å². The zero-order valence-electron chi connectivity index (χ0n) is 6.48. The molecule has 0 aliphatic heterocycles. The van der Waals surface area contributed by atoms with Crippen LogP contribution in [0.3, 0.4) is 0 Å². The van der Waals surface area contributed by atoms with Gasteiger partial charge in [0.05, 0.1) is 5.69 Å². The number of rotatable bonds is 2. The minimum Gasteiger partial charge on any atom is -0.480 e. The lowest BCUT2D eigenvalue weighted by atomic mass is 10.2. The first-order valence-corrected chi connectivity index (χ1v) is 4.00. The molecule has 1 atom stereocenters. The molecule has 6 heteroatoms. The molecule has 4 nitrogen and oxygen atoms in total. The summed E-state index contributed by atoms with van der Waals surface area (Å²) in [5.41, 5.74) is 5.66. The molecule has 0 amide bonds. The molecule has 0 aromatic carbocycles. The lowest BCUT2D eigenvalue weighted by Crippen LogP contribution is -2.21. The number of hydrogen-bond acceptors (Lipinski definition) is 3. The number of hydrogen-bond donors (Lipinski definition) is 2. The third-order valence-corrected chi connectivity index (χ3v) is 1.80. The Kier molecular flexibility index (Phi) is 4.90. The fraction of sp³-hybridized carbons (Fsp3) is 0.143. The highest BCUT2D eigenvalue weighted by molar-refractivity contribution is 9.10. The summed E-state index contributed by atoms with van der Waals surface area (Å²) >= 11 is 3.18. The molecule has 0 spiro atoms. The third-order valence-electron chi connectivity index (χ3n) is 1.33. The number of nitrogens with two attached hydrogens (primary N) is 1. The molecule has 0 bridgehead atoms. The molecule has 72 valence electrons. The summed E-state index contributed by atoms with van der Waals surface area (Å²) in [6.45, 7) is 0. The molecule has 0 saturated heterocycles. The Morgan fingerprint density at radius 3 is 2.62 bits per heavy atom. The highest BCUT2D eigenvalue weighted by atomic mass is 79.9. The zero-order valence-corrected chi connectivity index (χ0v) is 8.88. The van der Waals surface area contributed by atoms with Crippen molar-refractivity contribution >= 4 is 34.3 Å². The summed E-state index contributed by atoms with van der Waals surface area (Å²) in [6.07, 6.45) is 1.51. The van der Waals surface area contributed by atoms with E-state index in [1.165, 1.54) is 6.20 Å². The lowest BCUT2D eigenvalue weighted by Gasteiger charge is -2.04. The van der Waals surface area contributed by atoms with Gasteiger partial charge in [0.15, 0.2) is 0 Å². The van der Waals surface area contributed by atoms with Crippen LogP contribution < -0.4 is 5.73 Å². The van der Waals surface area contributed by atoms with Crippen LogP contribution in [0.15, 0.2) is 22.8 Å². The molecule has 3 N–H and O–H groups in total. The second kappa shape index (κ2) is 5.16. The normalized spacial score (nSPS) is 11.5. The van der Waals surface area contributed by atoms with E-state index in [1.807, 2.05) is 0 Å². The number of nitrogens with zero attached hydrogens (tertiary/aromatic N) is 1. The Hall–Kier alpha value is -0.650. The van der Waals surface area contributed by atoms with Crippen LogP contribution in [0.25, 0.3) is 0 Å². The van der Waals surface area contributed by atoms with Crippen LogP contribution in [0.2, 0.25) is 0 Å². The quantitative estimate of drug-likeness (QED) is 0.848. The molecule has 0 radical (unpaired) electrons. The van der Waals surface area contributed by atoms with E-state index in [-0.39, 0.29) is 12.4 Å². The maximum atomic E-state index is 10.4. The van der Waals surface area contributed by atoms with Gasteiger partial charge in [-0.15, -0.1) is 12.4 Å². The molecule has 1 heterocycles. The van der Waals surface area contributed by atoms with Crippen molar-refractivity contribution in [3.63, 3.8) is 0 Å². The highest BCUT2D eigenvalue weighted by Crippen LogP contribution is 2.11. The van der Waals surface area contributed by atoms with Gasteiger partial charge in [0, 0.05) is 10.7 Å². The van der Waals surface area contributed by atoms with Crippen molar-refractivity contribution in [2.45, 2.75) is 6.04 Å². The van der Waals surface area contributed by atoms with E-state index in [0.717, 1.165) is 4.47 Å². The van der Waals surface area contributed by atoms with E-state index in [4.69, 9.17) is 10.8 Å². The van der Waals surface area contributed by atoms with Crippen molar-refractivity contribution < 1.29 is 9.90 Å². The Labute approximate surface area is 89.7 Å². The van der Waals surface area contributed by atoms with Gasteiger partial charge in [-0.2, -0.15) is 0 Å². The molecule has 0 aliphatic carbocycles. The van der Waals surface area contributed by atoms with Gasteiger partial charge in [-0.1, -0.05) is 0 Å². The smallest absolute Gasteiger partial charge is 0.326 e. The maximum absolute atomic E-state index is 10.4. The Morgan fingerprint density at radius 2 is 2.23 bits per heavy atom. The molecule has 1 rings (SSSR count). The van der Waals surface area contributed by atoms with E-state index in [0.29, 0.717) is 5.69 Å². The lowest BCUT2D eigenvalue weighted by molar-refractivity contribution is -0.138. The van der Waals surface area contributed by atoms with Gasteiger partial charge in [-0.25, -0.2) is 0 Å². The first kappa shape index (κ1) is 12.3. The van der Waals surface area contributed by atoms with Crippen molar-refractivity contribution in [3.8, 4) is 0 Å². The van der Waals surface area contributed by atoms with Crippen LogP contribution in [0.4, 0.5) is 0 Å². The zero-order chi connectivity index (χ0) is 9.14. The van der Waals surface area contributed by atoms with E-state index in [1.54, 1.807) is 12.1 Å². The second-order valence-electron chi connectivity index (χ2n) is 2.22. The largest absolute Gasteiger partial charge is 0.480 e. The SMILES string of the molecule is Cl.N[C@@H](C(=O)O)c1ccc(Br)cn1. The van der Waals surface area contributed by atoms with Crippen LogP contribution in [0.1, 0.15) is 11.7 Å². The van der Waals surface area contributed by atoms with Crippen molar-refractivity contribution in [1.82, 2.24) is 4.98 Å². The van der Waals surface area contributed by atoms with E-state index < -0.39 is 12.0 Å². The van der Waals surface area contributed by atoms with Gasteiger partial charge in [0.2, 0.25) is 0 Å². The Bertz CT molecular complexity index is 291. The number of carboxylic acid groups (broad SMARTS) is 1. The number of carboxylic acids is 1. The van der Waals surface area contributed by atoms with E-state index in [9.17, 15) is 4.79 Å². The van der Waals surface area contributed by atoms with Crippen molar-refractivity contribution in [2.24, 2.45) is 5.73 Å². The first-order valence-electron chi connectivity index (χ1n) is 3.21. The minimum absolute atomic E-state index is 0. The first-order chi connectivity index (χ1) is 5.61. The standard InChI is InChI=1S/C7H7BrN2O2.ClH/c8-4-1-2-5(10-3-4)6(9)7(11)12;/h1-3,6H,9H2,(H,11,12);1H/t6-;/m1./s1. The van der Waals surface area contributed by atoms with E-state index >= 15 is 0 Å². The summed E-state index contributed by atoms with van der Waals surface area (Å²) in [5, 5.41) is 8.53. The Balaban J connectivity index is 0.00000144. The molecule has 0 fully saturated rings. The summed E-state index contributed by atoms with van der Waals surface area (Å²) in [7, 11) is 0. The minimum atomic E-state index is -1.08. The molecule has 13 heavy (non-hydrogen) atoms. The second-order valence-corrected chi connectivity index (χ2v) is 3.13. The average molecular weight is 268 g/mol. The molecular weight excluding hydrogens is 259 g/mol. The summed E-state index contributed by atoms with van der Waals surface area (Å²) in [6, 6.07) is 2.23. The van der Waals surface area contributed by atoms with Gasteiger partial charge in [-0.3, -0.25) is 9.78 Å². The maximum Gasteiger partial charge on any atom is 0.326 e. The van der Waals surface area contributed by atoms with Crippen LogP contribution in [0.5, 0.6) is 0 Å². The fourth-order valence-corrected chi connectivity index (χ4v) is 0.932. The fourth-order valence-electron chi connectivity index (χ4n) is 0.698. The predicted molar refractivity (Wildman–Crippen MR) is 53.7 cm³/mol. The highest BCUT2D eigenvalue weighted by Gasteiger charge is 2.14. The summed E-state index contributed by atoms with van der Waals surface area (Å²) in [4.78, 5) is 14.3. The van der Waals surface area contributed by atoms with Gasteiger partial charge >= 0.3 is 5.97 Å². The van der Waals surface area contributed by atoms with E-state index in [2.05, 4.69) is 20.9 Å².